The Labute approximate surface area is 134 Å². The molecule has 3 aromatic rings. The normalized spacial score (nSPS) is 11.0. The number of nitrogens with two attached hydrogens (primary N) is 1. The number of nitrogen functional groups attached to an aromatic ring is 1. The molecular weight excluding hydrogens is 326 g/mol. The Bertz CT molecular complexity index is 910. The van der Waals surface area contributed by atoms with E-state index in [0.717, 1.165) is 0 Å². The summed E-state index contributed by atoms with van der Waals surface area (Å²) in [5.41, 5.74) is 2.69. The molecule has 3 rings (SSSR count). The van der Waals surface area contributed by atoms with E-state index in [1.165, 1.54) is 35.0 Å². The summed E-state index contributed by atoms with van der Waals surface area (Å²) in [5, 5.41) is 4.81. The molecule has 5 nitrogen and oxygen atoms in total. The molecule has 3 N–H and O–H groups in total. The first kappa shape index (κ1) is 15.4. The van der Waals surface area contributed by atoms with Crippen molar-refractivity contribution in [2.24, 2.45) is 5.84 Å². The van der Waals surface area contributed by atoms with Gasteiger partial charge in [-0.2, -0.15) is 5.10 Å². The van der Waals surface area contributed by atoms with Crippen LogP contribution in [-0.4, -0.2) is 15.7 Å². The number of hydrogen-bond acceptors (Lipinski definition) is 3. The summed E-state index contributed by atoms with van der Waals surface area (Å²) in [6.45, 7) is 0.0147. The molecule has 0 radical (unpaired) electrons. The number of carbonyl (C=O) groups is 1. The molecule has 1 heterocycles. The third kappa shape index (κ3) is 2.88. The Morgan fingerprint density at radius 2 is 2.04 bits per heavy atom. The van der Waals surface area contributed by atoms with Gasteiger partial charge in [-0.3, -0.25) is 14.9 Å². The van der Waals surface area contributed by atoms with Gasteiger partial charge in [0, 0.05) is 16.0 Å². The molecule has 0 aliphatic carbocycles. The number of amides is 1. The van der Waals surface area contributed by atoms with Crippen LogP contribution < -0.4 is 11.3 Å². The number of benzene rings is 2. The van der Waals surface area contributed by atoms with E-state index >= 15 is 0 Å². The molecule has 0 aliphatic heterocycles. The van der Waals surface area contributed by atoms with Crippen molar-refractivity contribution in [1.82, 2.24) is 15.2 Å². The van der Waals surface area contributed by atoms with Crippen molar-refractivity contribution in [3.8, 4) is 0 Å². The predicted octanol–water partition coefficient (Wildman–Crippen LogP) is 2.62. The van der Waals surface area contributed by atoms with Crippen LogP contribution in [0.1, 0.15) is 16.1 Å². The lowest BCUT2D eigenvalue weighted by atomic mass is 10.2. The lowest BCUT2D eigenvalue weighted by Gasteiger charge is -2.05. The van der Waals surface area contributed by atoms with Crippen LogP contribution in [-0.2, 0) is 6.54 Å². The van der Waals surface area contributed by atoms with Crippen molar-refractivity contribution >= 4 is 28.4 Å². The number of carbonyl (C=O) groups excluding carboxylic acids is 1. The van der Waals surface area contributed by atoms with E-state index in [9.17, 15) is 13.6 Å². The maximum absolute atomic E-state index is 13.9. The van der Waals surface area contributed by atoms with E-state index < -0.39 is 17.5 Å². The molecule has 0 bridgehead atoms. The Morgan fingerprint density at radius 3 is 2.74 bits per heavy atom. The van der Waals surface area contributed by atoms with Gasteiger partial charge < -0.3 is 0 Å². The minimum atomic E-state index is -0.614. The summed E-state index contributed by atoms with van der Waals surface area (Å²) in [6, 6.07) is 8.09. The maximum atomic E-state index is 13.9. The highest BCUT2D eigenvalue weighted by Gasteiger charge is 2.18. The highest BCUT2D eigenvalue weighted by atomic mass is 35.5. The molecule has 23 heavy (non-hydrogen) atoms. The zero-order valence-electron chi connectivity index (χ0n) is 11.7. The van der Waals surface area contributed by atoms with Gasteiger partial charge in [0.1, 0.15) is 11.6 Å². The first-order valence-electron chi connectivity index (χ1n) is 6.60. The topological polar surface area (TPSA) is 72.9 Å². The van der Waals surface area contributed by atoms with Crippen LogP contribution in [0.2, 0.25) is 5.02 Å². The maximum Gasteiger partial charge on any atom is 0.286 e. The predicted molar refractivity (Wildman–Crippen MR) is 81.9 cm³/mol. The highest BCUT2D eigenvalue weighted by Crippen LogP contribution is 2.22. The first-order valence-corrected chi connectivity index (χ1v) is 6.98. The number of aromatic nitrogens is 2. The van der Waals surface area contributed by atoms with Crippen LogP contribution in [0.3, 0.4) is 0 Å². The summed E-state index contributed by atoms with van der Waals surface area (Å²) in [4.78, 5) is 11.8. The third-order valence-electron chi connectivity index (χ3n) is 3.40. The molecule has 0 fully saturated rings. The molecule has 118 valence electrons. The molecule has 1 aromatic heterocycles. The van der Waals surface area contributed by atoms with Gasteiger partial charge >= 0.3 is 0 Å². The molecule has 0 spiro atoms. The lowest BCUT2D eigenvalue weighted by Crippen LogP contribution is -2.30. The monoisotopic (exact) mass is 336 g/mol. The Balaban J connectivity index is 2.13. The fourth-order valence-corrected chi connectivity index (χ4v) is 2.47. The second-order valence-electron chi connectivity index (χ2n) is 4.88. The van der Waals surface area contributed by atoms with Gasteiger partial charge in [0.25, 0.3) is 5.91 Å². The van der Waals surface area contributed by atoms with Crippen molar-refractivity contribution in [2.45, 2.75) is 6.54 Å². The average Bonchev–Trinajstić information content (AvgIpc) is 2.87. The first-order chi connectivity index (χ1) is 11.0. The quantitative estimate of drug-likeness (QED) is 0.439. The van der Waals surface area contributed by atoms with E-state index in [0.29, 0.717) is 16.5 Å². The van der Waals surface area contributed by atoms with Crippen molar-refractivity contribution in [1.29, 1.82) is 0 Å². The van der Waals surface area contributed by atoms with Crippen LogP contribution >= 0.6 is 11.6 Å². The smallest absolute Gasteiger partial charge is 0.286 e. The fourth-order valence-electron chi connectivity index (χ4n) is 2.31. The molecular formula is C15H11ClF2N4O. The van der Waals surface area contributed by atoms with Gasteiger partial charge in [0.2, 0.25) is 0 Å². The van der Waals surface area contributed by atoms with E-state index in [1.807, 2.05) is 5.43 Å². The summed E-state index contributed by atoms with van der Waals surface area (Å²) in [5.74, 6) is 3.51. The third-order valence-corrected chi connectivity index (χ3v) is 3.63. The zero-order chi connectivity index (χ0) is 16.6. The lowest BCUT2D eigenvalue weighted by molar-refractivity contribution is 0.0949. The zero-order valence-corrected chi connectivity index (χ0v) is 12.4. The number of hydrogen-bond donors (Lipinski definition) is 2. The van der Waals surface area contributed by atoms with Crippen molar-refractivity contribution in [2.75, 3.05) is 0 Å². The number of halogens is 3. The Kier molecular flexibility index (Phi) is 3.97. The van der Waals surface area contributed by atoms with Gasteiger partial charge in [0.05, 0.1) is 12.1 Å². The van der Waals surface area contributed by atoms with Gasteiger partial charge in [0.15, 0.2) is 5.69 Å². The van der Waals surface area contributed by atoms with Crippen LogP contribution in [0.15, 0.2) is 36.4 Å². The Morgan fingerprint density at radius 1 is 1.26 bits per heavy atom. The van der Waals surface area contributed by atoms with E-state index in [1.54, 1.807) is 6.07 Å². The molecule has 2 aromatic carbocycles. The van der Waals surface area contributed by atoms with Crippen molar-refractivity contribution < 1.29 is 13.6 Å². The van der Waals surface area contributed by atoms with Crippen molar-refractivity contribution in [3.63, 3.8) is 0 Å². The van der Waals surface area contributed by atoms with Crippen LogP contribution in [0.5, 0.6) is 0 Å². The molecule has 0 unspecified atom stereocenters. The summed E-state index contributed by atoms with van der Waals surface area (Å²) >= 11 is 5.72. The fraction of sp³-hybridized carbons (Fsp3) is 0.0667. The second kappa shape index (κ2) is 5.94. The minimum Gasteiger partial charge on any atom is -0.289 e. The number of rotatable bonds is 3. The highest BCUT2D eigenvalue weighted by molar-refractivity contribution is 6.30. The van der Waals surface area contributed by atoms with Gasteiger partial charge in [-0.25, -0.2) is 14.6 Å². The van der Waals surface area contributed by atoms with Gasteiger partial charge in [-0.05, 0) is 30.3 Å². The van der Waals surface area contributed by atoms with Crippen LogP contribution in [0.25, 0.3) is 10.9 Å². The molecule has 0 aliphatic rings. The number of nitrogens with one attached hydrogen (secondary N) is 1. The standard InChI is InChI=1S/C15H11ClF2N4O/c16-9-2-1-8(12(18)5-9)7-22-13-6-10(17)3-4-11(13)14(21-22)15(23)20-19/h1-6H,7,19H2,(H,20,23). The van der Waals surface area contributed by atoms with Crippen LogP contribution in [0.4, 0.5) is 8.78 Å². The van der Waals surface area contributed by atoms with E-state index in [2.05, 4.69) is 5.10 Å². The largest absolute Gasteiger partial charge is 0.289 e. The molecule has 1 amide bonds. The molecule has 0 saturated heterocycles. The Hall–Kier alpha value is -2.51. The number of hydrazine groups is 1. The summed E-state index contributed by atoms with van der Waals surface area (Å²) in [6.07, 6.45) is 0. The number of fused-ring (bicyclic) bond motifs is 1. The van der Waals surface area contributed by atoms with Gasteiger partial charge in [-0.1, -0.05) is 17.7 Å². The van der Waals surface area contributed by atoms with E-state index in [4.69, 9.17) is 17.4 Å². The minimum absolute atomic E-state index is 0.0147. The van der Waals surface area contributed by atoms with Crippen LogP contribution in [0, 0.1) is 11.6 Å². The van der Waals surface area contributed by atoms with Crippen molar-refractivity contribution in [3.05, 3.63) is 64.3 Å². The summed E-state index contributed by atoms with van der Waals surface area (Å²) < 4.78 is 28.8. The molecule has 0 atom stereocenters. The molecule has 8 heteroatoms. The average molecular weight is 337 g/mol. The SMILES string of the molecule is NNC(=O)c1nn(Cc2ccc(Cl)cc2F)c2cc(F)ccc12. The summed E-state index contributed by atoms with van der Waals surface area (Å²) in [7, 11) is 0. The second-order valence-corrected chi connectivity index (χ2v) is 5.31. The molecule has 0 saturated carbocycles. The number of nitrogens with zero attached hydrogens (tertiary/aromatic N) is 2. The van der Waals surface area contributed by atoms with E-state index in [-0.39, 0.29) is 17.3 Å². The van der Waals surface area contributed by atoms with Gasteiger partial charge in [-0.15, -0.1) is 0 Å².